The van der Waals surface area contributed by atoms with E-state index in [2.05, 4.69) is 0 Å². The first-order valence-electron chi connectivity index (χ1n) is 4.20. The van der Waals surface area contributed by atoms with Gasteiger partial charge in [0.1, 0.15) is 5.60 Å². The molecule has 1 unspecified atom stereocenters. The molecule has 0 radical (unpaired) electrons. The van der Waals surface area contributed by atoms with E-state index in [1.807, 2.05) is 0 Å². The van der Waals surface area contributed by atoms with Crippen molar-refractivity contribution >= 4 is 10.1 Å². The normalized spacial score (nSPS) is 14.9. The van der Waals surface area contributed by atoms with Crippen LogP contribution in [0.2, 0.25) is 0 Å². The van der Waals surface area contributed by atoms with Crippen LogP contribution in [0.3, 0.4) is 0 Å². The molecule has 1 aromatic carbocycles. The zero-order chi connectivity index (χ0) is 11.5. The van der Waals surface area contributed by atoms with Crippen LogP contribution in [-0.4, -0.2) is 35.5 Å². The molecule has 0 saturated heterocycles. The van der Waals surface area contributed by atoms with E-state index >= 15 is 0 Å². The first-order valence-corrected chi connectivity index (χ1v) is 5.77. The Balaban J connectivity index is 0.00000225. The number of benzene rings is 1. The summed E-state index contributed by atoms with van der Waals surface area (Å²) >= 11 is 0. The predicted octanol–water partition coefficient (Wildman–Crippen LogP) is -3.58. The molecule has 0 aliphatic rings. The minimum Gasteiger partial charge on any atom is -0.748 e. The van der Waals surface area contributed by atoms with E-state index in [0.717, 1.165) is 0 Å². The zero-order valence-electron chi connectivity index (χ0n) is 8.83. The summed E-state index contributed by atoms with van der Waals surface area (Å²) in [6, 6.07) is 7.72. The molecule has 5 nitrogen and oxygen atoms in total. The Morgan fingerprint density at radius 2 is 1.75 bits per heavy atom. The van der Waals surface area contributed by atoms with Crippen LogP contribution in [-0.2, 0) is 15.7 Å². The van der Waals surface area contributed by atoms with Crippen molar-refractivity contribution in [1.29, 1.82) is 0 Å². The Labute approximate surface area is 116 Å². The number of hydrogen-bond donors (Lipinski definition) is 2. The van der Waals surface area contributed by atoms with Crippen LogP contribution in [0.15, 0.2) is 30.3 Å². The first-order chi connectivity index (χ1) is 6.87. The summed E-state index contributed by atoms with van der Waals surface area (Å²) < 4.78 is 31.7. The summed E-state index contributed by atoms with van der Waals surface area (Å²) in [5.74, 6) is -1.04. The third-order valence-electron chi connectivity index (χ3n) is 1.99. The van der Waals surface area contributed by atoms with Crippen molar-refractivity contribution in [3.63, 3.8) is 0 Å². The molecule has 0 aromatic heterocycles. The summed E-state index contributed by atoms with van der Waals surface area (Å²) in [7, 11) is -4.60. The number of aliphatic hydroxyl groups excluding tert-OH is 1. The maximum atomic E-state index is 10.6. The van der Waals surface area contributed by atoms with Gasteiger partial charge in [0.2, 0.25) is 0 Å². The number of hydrogen-bond acceptors (Lipinski definition) is 5. The topological polar surface area (TPSA) is 97.7 Å². The van der Waals surface area contributed by atoms with Crippen molar-refractivity contribution in [3.05, 3.63) is 35.9 Å². The van der Waals surface area contributed by atoms with Crippen molar-refractivity contribution in [3.8, 4) is 0 Å². The van der Waals surface area contributed by atoms with Crippen molar-refractivity contribution in [2.24, 2.45) is 0 Å². The maximum absolute atomic E-state index is 10.6. The van der Waals surface area contributed by atoms with Gasteiger partial charge in [0, 0.05) is 0 Å². The van der Waals surface area contributed by atoms with Crippen LogP contribution >= 0.6 is 0 Å². The summed E-state index contributed by atoms with van der Waals surface area (Å²) in [5, 5.41) is 18.7. The van der Waals surface area contributed by atoms with E-state index in [-0.39, 0.29) is 35.1 Å². The standard InChI is InChI=1S/C9H12O5S.Na/c10-6-9(11,7-15(12,13)14)8-4-2-1-3-5-8;/h1-5,10-11H,6-7H2,(H,12,13,14);/q;+1/p-1. The Kier molecular flexibility index (Phi) is 6.13. The smallest absolute Gasteiger partial charge is 0.748 e. The van der Waals surface area contributed by atoms with E-state index in [1.165, 1.54) is 12.1 Å². The molecule has 0 aliphatic carbocycles. The molecule has 1 atom stereocenters. The van der Waals surface area contributed by atoms with E-state index in [1.54, 1.807) is 18.2 Å². The van der Waals surface area contributed by atoms with Gasteiger partial charge < -0.3 is 14.8 Å². The molecule has 0 bridgehead atoms. The molecule has 0 amide bonds. The molecule has 0 heterocycles. The van der Waals surface area contributed by atoms with Gasteiger partial charge in [0.25, 0.3) is 0 Å². The Bertz CT molecular complexity index is 419. The summed E-state index contributed by atoms with van der Waals surface area (Å²) in [6.07, 6.45) is 0. The third kappa shape index (κ3) is 4.50. The van der Waals surface area contributed by atoms with Gasteiger partial charge in [0.05, 0.1) is 22.5 Å². The van der Waals surface area contributed by atoms with Gasteiger partial charge in [-0.2, -0.15) is 0 Å². The van der Waals surface area contributed by atoms with Gasteiger partial charge in [0.15, 0.2) is 0 Å². The van der Waals surface area contributed by atoms with Gasteiger partial charge in [-0.05, 0) is 5.56 Å². The monoisotopic (exact) mass is 254 g/mol. The quantitative estimate of drug-likeness (QED) is 0.427. The fourth-order valence-corrected chi connectivity index (χ4v) is 2.10. The van der Waals surface area contributed by atoms with Gasteiger partial charge in [-0.25, -0.2) is 8.42 Å². The van der Waals surface area contributed by atoms with Crippen LogP contribution in [0.5, 0.6) is 0 Å². The SMILES string of the molecule is O=S(=O)([O-])CC(O)(CO)c1ccccc1.[Na+]. The van der Waals surface area contributed by atoms with Gasteiger partial charge in [-0.3, -0.25) is 0 Å². The second-order valence-electron chi connectivity index (χ2n) is 3.26. The molecule has 0 aliphatic heterocycles. The Morgan fingerprint density at radius 1 is 1.25 bits per heavy atom. The molecule has 0 spiro atoms. The van der Waals surface area contributed by atoms with Crippen LogP contribution < -0.4 is 29.6 Å². The largest absolute Gasteiger partial charge is 1.00 e. The fourth-order valence-electron chi connectivity index (χ4n) is 1.26. The first kappa shape index (κ1) is 16.1. The average Bonchev–Trinajstić information content (AvgIpc) is 2.16. The van der Waals surface area contributed by atoms with Crippen molar-refractivity contribution in [2.45, 2.75) is 5.60 Å². The summed E-state index contributed by atoms with van der Waals surface area (Å²) in [6.45, 7) is -0.821. The minimum atomic E-state index is -4.60. The van der Waals surface area contributed by atoms with Gasteiger partial charge in [-0.15, -0.1) is 0 Å². The van der Waals surface area contributed by atoms with E-state index in [4.69, 9.17) is 5.11 Å². The zero-order valence-corrected chi connectivity index (χ0v) is 11.6. The fraction of sp³-hybridized carbons (Fsp3) is 0.333. The molecule has 2 N–H and O–H groups in total. The van der Waals surface area contributed by atoms with Crippen molar-refractivity contribution < 1.29 is 52.7 Å². The van der Waals surface area contributed by atoms with Crippen LogP contribution in [0, 0.1) is 0 Å². The van der Waals surface area contributed by atoms with E-state index in [9.17, 15) is 18.1 Å². The molecule has 1 aromatic rings. The van der Waals surface area contributed by atoms with E-state index in [0.29, 0.717) is 0 Å². The summed E-state index contributed by atoms with van der Waals surface area (Å²) in [5.41, 5.74) is -1.83. The van der Waals surface area contributed by atoms with Gasteiger partial charge >= 0.3 is 29.6 Å². The van der Waals surface area contributed by atoms with Crippen molar-refractivity contribution in [1.82, 2.24) is 0 Å². The summed E-state index contributed by atoms with van der Waals surface area (Å²) in [4.78, 5) is 0. The maximum Gasteiger partial charge on any atom is 1.00 e. The predicted molar refractivity (Wildman–Crippen MR) is 52.0 cm³/mol. The van der Waals surface area contributed by atoms with E-state index < -0.39 is 28.1 Å². The molecule has 84 valence electrons. The molecule has 0 fully saturated rings. The van der Waals surface area contributed by atoms with Crippen molar-refractivity contribution in [2.75, 3.05) is 12.4 Å². The molecule has 16 heavy (non-hydrogen) atoms. The molecular weight excluding hydrogens is 243 g/mol. The van der Waals surface area contributed by atoms with Crippen LogP contribution in [0.4, 0.5) is 0 Å². The molecule has 1 rings (SSSR count). The number of aliphatic hydroxyl groups is 2. The molecule has 7 heteroatoms. The second-order valence-corrected chi connectivity index (χ2v) is 4.66. The van der Waals surface area contributed by atoms with Gasteiger partial charge in [-0.1, -0.05) is 30.3 Å². The number of rotatable bonds is 4. The average molecular weight is 254 g/mol. The van der Waals surface area contributed by atoms with Crippen LogP contribution in [0.25, 0.3) is 0 Å². The Hall–Kier alpha value is 0.0500. The van der Waals surface area contributed by atoms with Crippen LogP contribution in [0.1, 0.15) is 5.56 Å². The molecule has 0 saturated carbocycles. The molecular formula is C9H11NaO5S. The second kappa shape index (κ2) is 6.11. The minimum absolute atomic E-state index is 0. The Morgan fingerprint density at radius 3 is 2.12 bits per heavy atom. The third-order valence-corrected chi connectivity index (χ3v) is 2.82.